The largest absolute Gasteiger partial charge is 0.266 e. The standard InChI is InChI=1S/C18H18N2/c1-18(2)19-15(13-9-5-3-6-10-13)17-16(20(17)18)14-11-7-4-8-12-14/h3-12,16-17H,1-2H3. The minimum atomic E-state index is -0.101. The van der Waals surface area contributed by atoms with Crippen molar-refractivity contribution in [3.05, 3.63) is 71.8 Å². The highest BCUT2D eigenvalue weighted by atomic mass is 15.5. The third-order valence-corrected chi connectivity index (χ3v) is 4.33. The summed E-state index contributed by atoms with van der Waals surface area (Å²) in [4.78, 5) is 7.44. The molecule has 2 aromatic rings. The van der Waals surface area contributed by atoms with Crippen LogP contribution >= 0.6 is 0 Å². The molecule has 2 heteroatoms. The van der Waals surface area contributed by atoms with E-state index >= 15 is 0 Å². The Balaban J connectivity index is 1.73. The maximum Gasteiger partial charge on any atom is 0.109 e. The Bertz CT molecular complexity index is 658. The van der Waals surface area contributed by atoms with Crippen LogP contribution in [-0.2, 0) is 0 Å². The first kappa shape index (κ1) is 11.9. The number of nitrogens with zero attached hydrogens (tertiary/aromatic N) is 2. The molecule has 0 radical (unpaired) electrons. The monoisotopic (exact) mass is 262 g/mol. The predicted molar refractivity (Wildman–Crippen MR) is 81.9 cm³/mol. The van der Waals surface area contributed by atoms with E-state index in [4.69, 9.17) is 4.99 Å². The number of hydrogen-bond donors (Lipinski definition) is 0. The van der Waals surface area contributed by atoms with Crippen LogP contribution in [0.1, 0.15) is 31.0 Å². The molecule has 0 aliphatic carbocycles. The maximum atomic E-state index is 4.94. The van der Waals surface area contributed by atoms with E-state index in [-0.39, 0.29) is 5.66 Å². The van der Waals surface area contributed by atoms with E-state index in [1.165, 1.54) is 16.8 Å². The van der Waals surface area contributed by atoms with Gasteiger partial charge in [-0.3, -0.25) is 9.89 Å². The molecule has 20 heavy (non-hydrogen) atoms. The molecular formula is C18H18N2. The number of aliphatic imine (C=N–C) groups is 1. The molecule has 2 aliphatic rings. The molecular weight excluding hydrogens is 244 g/mol. The fourth-order valence-corrected chi connectivity index (χ4v) is 3.45. The Morgan fingerprint density at radius 2 is 1.45 bits per heavy atom. The average molecular weight is 262 g/mol. The van der Waals surface area contributed by atoms with E-state index in [9.17, 15) is 0 Å². The SMILES string of the molecule is CC1(C)N=C(c2ccccc2)C2C(c3ccccc3)N21. The molecule has 2 heterocycles. The van der Waals surface area contributed by atoms with Gasteiger partial charge in [0.2, 0.25) is 0 Å². The smallest absolute Gasteiger partial charge is 0.109 e. The molecule has 0 saturated carbocycles. The van der Waals surface area contributed by atoms with Crippen molar-refractivity contribution in [3.63, 3.8) is 0 Å². The first-order chi connectivity index (χ1) is 9.68. The molecule has 0 spiro atoms. The van der Waals surface area contributed by atoms with Crippen molar-refractivity contribution in [2.45, 2.75) is 31.6 Å². The van der Waals surface area contributed by atoms with Crippen LogP contribution in [0, 0.1) is 0 Å². The van der Waals surface area contributed by atoms with Gasteiger partial charge in [0.15, 0.2) is 0 Å². The zero-order valence-corrected chi connectivity index (χ0v) is 11.8. The van der Waals surface area contributed by atoms with Crippen LogP contribution in [0.3, 0.4) is 0 Å². The van der Waals surface area contributed by atoms with Gasteiger partial charge in [-0.2, -0.15) is 0 Å². The summed E-state index contributed by atoms with van der Waals surface area (Å²) in [5, 5.41) is 0. The molecule has 2 aliphatic heterocycles. The molecule has 2 aromatic carbocycles. The summed E-state index contributed by atoms with van der Waals surface area (Å²) in [5.41, 5.74) is 3.79. The predicted octanol–water partition coefficient (Wildman–Crippen LogP) is 3.65. The lowest BCUT2D eigenvalue weighted by molar-refractivity contribution is 0.281. The van der Waals surface area contributed by atoms with Crippen molar-refractivity contribution in [3.8, 4) is 0 Å². The minimum Gasteiger partial charge on any atom is -0.266 e. The average Bonchev–Trinajstić information content (AvgIpc) is 3.17. The molecule has 1 fully saturated rings. The van der Waals surface area contributed by atoms with Crippen molar-refractivity contribution in [2.24, 2.45) is 4.99 Å². The second kappa shape index (κ2) is 4.03. The Kier molecular flexibility index (Phi) is 2.39. The zero-order valence-electron chi connectivity index (χ0n) is 11.8. The van der Waals surface area contributed by atoms with Crippen LogP contribution in [-0.4, -0.2) is 22.3 Å². The molecule has 0 bridgehead atoms. The lowest BCUT2D eigenvalue weighted by Crippen LogP contribution is -2.25. The molecule has 3 unspecified atom stereocenters. The van der Waals surface area contributed by atoms with Crippen molar-refractivity contribution in [2.75, 3.05) is 0 Å². The number of rotatable bonds is 2. The normalized spacial score (nSPS) is 29.7. The fourth-order valence-electron chi connectivity index (χ4n) is 3.45. The van der Waals surface area contributed by atoms with Crippen LogP contribution in [0.15, 0.2) is 65.7 Å². The Morgan fingerprint density at radius 1 is 0.850 bits per heavy atom. The van der Waals surface area contributed by atoms with Crippen molar-refractivity contribution >= 4 is 5.71 Å². The summed E-state index contributed by atoms with van der Waals surface area (Å²) in [6.07, 6.45) is 0. The summed E-state index contributed by atoms with van der Waals surface area (Å²) >= 11 is 0. The third kappa shape index (κ3) is 1.65. The molecule has 3 atom stereocenters. The van der Waals surface area contributed by atoms with Crippen molar-refractivity contribution in [1.29, 1.82) is 0 Å². The first-order valence-corrected chi connectivity index (χ1v) is 7.17. The van der Waals surface area contributed by atoms with Gasteiger partial charge < -0.3 is 0 Å². The maximum absolute atomic E-state index is 4.94. The molecule has 1 saturated heterocycles. The molecule has 4 rings (SSSR count). The Morgan fingerprint density at radius 3 is 2.10 bits per heavy atom. The zero-order chi connectivity index (χ0) is 13.7. The van der Waals surface area contributed by atoms with E-state index in [1.807, 2.05) is 0 Å². The Hall–Kier alpha value is -1.93. The lowest BCUT2D eigenvalue weighted by atomic mass is 10.0. The van der Waals surface area contributed by atoms with Crippen LogP contribution in [0.4, 0.5) is 0 Å². The van der Waals surface area contributed by atoms with Crippen LogP contribution in [0.25, 0.3) is 0 Å². The second-order valence-corrected chi connectivity index (χ2v) is 6.07. The highest BCUT2D eigenvalue weighted by Crippen LogP contribution is 2.54. The van der Waals surface area contributed by atoms with E-state index in [2.05, 4.69) is 79.4 Å². The van der Waals surface area contributed by atoms with E-state index in [0.717, 1.165) is 0 Å². The molecule has 2 nitrogen and oxygen atoms in total. The summed E-state index contributed by atoms with van der Waals surface area (Å²) in [5.74, 6) is 0. The summed E-state index contributed by atoms with van der Waals surface area (Å²) in [7, 11) is 0. The van der Waals surface area contributed by atoms with Gasteiger partial charge in [-0.15, -0.1) is 0 Å². The van der Waals surface area contributed by atoms with Crippen LogP contribution in [0.5, 0.6) is 0 Å². The third-order valence-electron chi connectivity index (χ3n) is 4.33. The van der Waals surface area contributed by atoms with E-state index < -0.39 is 0 Å². The fraction of sp³-hybridized carbons (Fsp3) is 0.278. The van der Waals surface area contributed by atoms with E-state index in [1.54, 1.807) is 0 Å². The number of fused-ring (bicyclic) bond motifs is 1. The van der Waals surface area contributed by atoms with Gasteiger partial charge in [0.1, 0.15) is 5.66 Å². The van der Waals surface area contributed by atoms with Gasteiger partial charge >= 0.3 is 0 Å². The van der Waals surface area contributed by atoms with Gasteiger partial charge in [-0.05, 0) is 25.0 Å². The summed E-state index contributed by atoms with van der Waals surface area (Å²) in [6.45, 7) is 4.41. The topological polar surface area (TPSA) is 15.4 Å². The molecule has 0 aromatic heterocycles. The van der Waals surface area contributed by atoms with Gasteiger partial charge in [0, 0.05) is 0 Å². The van der Waals surface area contributed by atoms with Crippen LogP contribution in [0.2, 0.25) is 0 Å². The molecule has 0 amide bonds. The quantitative estimate of drug-likeness (QED) is 0.754. The minimum absolute atomic E-state index is 0.101. The van der Waals surface area contributed by atoms with Crippen molar-refractivity contribution < 1.29 is 0 Å². The summed E-state index contributed by atoms with van der Waals surface area (Å²) < 4.78 is 0. The molecule has 0 N–H and O–H groups in total. The Labute approximate surface area is 119 Å². The summed E-state index contributed by atoms with van der Waals surface area (Å²) in [6, 6.07) is 22.3. The van der Waals surface area contributed by atoms with Crippen LogP contribution < -0.4 is 0 Å². The second-order valence-electron chi connectivity index (χ2n) is 6.07. The lowest BCUT2D eigenvalue weighted by Gasteiger charge is -2.20. The first-order valence-electron chi connectivity index (χ1n) is 7.17. The van der Waals surface area contributed by atoms with Gasteiger partial charge in [-0.25, -0.2) is 0 Å². The van der Waals surface area contributed by atoms with Gasteiger partial charge in [0.25, 0.3) is 0 Å². The van der Waals surface area contributed by atoms with Gasteiger partial charge in [0.05, 0.1) is 17.8 Å². The molecule has 100 valence electrons. The van der Waals surface area contributed by atoms with E-state index in [0.29, 0.717) is 12.1 Å². The van der Waals surface area contributed by atoms with Gasteiger partial charge in [-0.1, -0.05) is 60.7 Å². The van der Waals surface area contributed by atoms with Crippen molar-refractivity contribution in [1.82, 2.24) is 4.90 Å². The number of hydrogen-bond acceptors (Lipinski definition) is 2. The highest BCUT2D eigenvalue weighted by Gasteiger charge is 2.62. The number of benzene rings is 2. The highest BCUT2D eigenvalue weighted by molar-refractivity contribution is 6.08.